The van der Waals surface area contributed by atoms with Crippen molar-refractivity contribution in [2.75, 3.05) is 6.54 Å². The summed E-state index contributed by atoms with van der Waals surface area (Å²) in [5, 5.41) is 12.8. The molecule has 0 spiro atoms. The molecule has 3 aromatic rings. The minimum Gasteiger partial charge on any atom is -0.484 e. The summed E-state index contributed by atoms with van der Waals surface area (Å²) in [7, 11) is 0. The van der Waals surface area contributed by atoms with Gasteiger partial charge >= 0.3 is 0 Å². The number of nitrogens with zero attached hydrogens (tertiary/aromatic N) is 6. The van der Waals surface area contributed by atoms with Crippen LogP contribution in [0, 0.1) is 6.92 Å². The number of hydrogen-bond donors (Lipinski definition) is 0. The monoisotopic (exact) mass is 340 g/mol. The number of fused-ring (bicyclic) bond motifs is 1. The van der Waals surface area contributed by atoms with Crippen LogP contribution in [0.15, 0.2) is 35.1 Å². The fourth-order valence-corrected chi connectivity index (χ4v) is 3.09. The molecule has 1 atom stereocenters. The van der Waals surface area contributed by atoms with E-state index in [0.29, 0.717) is 6.61 Å². The molecule has 8 nitrogen and oxygen atoms in total. The second-order valence-electron chi connectivity index (χ2n) is 6.18. The Bertz CT molecular complexity index is 844. The molecule has 1 aliphatic heterocycles. The third kappa shape index (κ3) is 3.25. The summed E-state index contributed by atoms with van der Waals surface area (Å²) in [6, 6.07) is 5.86. The molecule has 0 radical (unpaired) electrons. The zero-order valence-electron chi connectivity index (χ0n) is 14.3. The Morgan fingerprint density at radius 3 is 3.00 bits per heavy atom. The van der Waals surface area contributed by atoms with Gasteiger partial charge in [0.05, 0.1) is 17.9 Å². The van der Waals surface area contributed by atoms with Crippen LogP contribution in [0.2, 0.25) is 0 Å². The van der Waals surface area contributed by atoms with Gasteiger partial charge in [-0.1, -0.05) is 5.16 Å². The average Bonchev–Trinajstić information content (AvgIpc) is 3.23. The first kappa shape index (κ1) is 15.8. The van der Waals surface area contributed by atoms with Crippen molar-refractivity contribution in [3.8, 4) is 5.75 Å². The van der Waals surface area contributed by atoms with Crippen molar-refractivity contribution in [2.45, 2.75) is 39.6 Å². The predicted molar refractivity (Wildman–Crippen MR) is 88.7 cm³/mol. The van der Waals surface area contributed by atoms with Crippen LogP contribution in [0.25, 0.3) is 0 Å². The molecule has 4 heterocycles. The first-order chi connectivity index (χ1) is 12.2. The van der Waals surface area contributed by atoms with Crippen LogP contribution in [0.1, 0.15) is 36.1 Å². The summed E-state index contributed by atoms with van der Waals surface area (Å²) in [5.41, 5.74) is 0.942. The van der Waals surface area contributed by atoms with Gasteiger partial charge in [0.25, 0.3) is 0 Å². The molecular formula is C17H20N6O2. The molecule has 0 fully saturated rings. The third-order valence-corrected chi connectivity index (χ3v) is 4.43. The third-order valence-electron chi connectivity index (χ3n) is 4.43. The van der Waals surface area contributed by atoms with Crippen molar-refractivity contribution in [1.29, 1.82) is 0 Å². The van der Waals surface area contributed by atoms with E-state index in [1.54, 1.807) is 12.4 Å². The Hall–Kier alpha value is -2.74. The fraction of sp³-hybridized carbons (Fsp3) is 0.412. The lowest BCUT2D eigenvalue weighted by molar-refractivity contribution is 0.148. The SMILES string of the molecule is Cc1cc(CN2CCn3c(COc4cccnc4)nnc3C2C)no1. The molecule has 0 saturated carbocycles. The van der Waals surface area contributed by atoms with Gasteiger partial charge in [-0.05, 0) is 26.0 Å². The molecule has 4 rings (SSSR count). The van der Waals surface area contributed by atoms with Crippen molar-refractivity contribution in [3.05, 3.63) is 53.7 Å². The van der Waals surface area contributed by atoms with E-state index in [0.717, 1.165) is 48.5 Å². The van der Waals surface area contributed by atoms with Crippen molar-refractivity contribution in [1.82, 2.24) is 29.8 Å². The molecule has 25 heavy (non-hydrogen) atoms. The highest BCUT2D eigenvalue weighted by atomic mass is 16.5. The maximum atomic E-state index is 5.76. The zero-order chi connectivity index (χ0) is 17.2. The van der Waals surface area contributed by atoms with Gasteiger partial charge in [-0.2, -0.15) is 0 Å². The van der Waals surface area contributed by atoms with E-state index in [-0.39, 0.29) is 6.04 Å². The molecule has 0 aromatic carbocycles. The van der Waals surface area contributed by atoms with E-state index < -0.39 is 0 Å². The molecule has 3 aromatic heterocycles. The van der Waals surface area contributed by atoms with Crippen LogP contribution < -0.4 is 4.74 Å². The summed E-state index contributed by atoms with van der Waals surface area (Å²) >= 11 is 0. The lowest BCUT2D eigenvalue weighted by atomic mass is 10.2. The van der Waals surface area contributed by atoms with Gasteiger partial charge < -0.3 is 13.8 Å². The maximum absolute atomic E-state index is 5.76. The summed E-state index contributed by atoms with van der Waals surface area (Å²) in [5.74, 6) is 3.35. The largest absolute Gasteiger partial charge is 0.484 e. The average molecular weight is 340 g/mol. The Kier molecular flexibility index (Phi) is 4.19. The minimum absolute atomic E-state index is 0.158. The Labute approximate surface area is 145 Å². The van der Waals surface area contributed by atoms with Crippen molar-refractivity contribution in [3.63, 3.8) is 0 Å². The quantitative estimate of drug-likeness (QED) is 0.703. The maximum Gasteiger partial charge on any atom is 0.171 e. The van der Waals surface area contributed by atoms with Crippen LogP contribution in [0.5, 0.6) is 5.75 Å². The molecule has 0 bridgehead atoms. The van der Waals surface area contributed by atoms with Gasteiger partial charge in [-0.15, -0.1) is 10.2 Å². The van der Waals surface area contributed by atoms with E-state index in [2.05, 4.69) is 36.7 Å². The van der Waals surface area contributed by atoms with Gasteiger partial charge in [0.1, 0.15) is 23.9 Å². The van der Waals surface area contributed by atoms with Gasteiger partial charge in [-0.3, -0.25) is 9.88 Å². The minimum atomic E-state index is 0.158. The number of pyridine rings is 1. The molecule has 0 saturated heterocycles. The van der Waals surface area contributed by atoms with E-state index in [9.17, 15) is 0 Å². The first-order valence-corrected chi connectivity index (χ1v) is 8.32. The summed E-state index contributed by atoms with van der Waals surface area (Å²) in [6.45, 7) is 6.90. The summed E-state index contributed by atoms with van der Waals surface area (Å²) in [4.78, 5) is 6.37. The summed E-state index contributed by atoms with van der Waals surface area (Å²) < 4.78 is 13.1. The number of rotatable bonds is 5. The van der Waals surface area contributed by atoms with E-state index in [1.807, 2.05) is 25.1 Å². The second-order valence-corrected chi connectivity index (χ2v) is 6.18. The van der Waals surface area contributed by atoms with E-state index in [4.69, 9.17) is 9.26 Å². The zero-order valence-corrected chi connectivity index (χ0v) is 14.3. The van der Waals surface area contributed by atoms with E-state index in [1.165, 1.54) is 0 Å². The molecule has 0 amide bonds. The highest BCUT2D eigenvalue weighted by molar-refractivity contribution is 5.16. The van der Waals surface area contributed by atoms with Crippen molar-refractivity contribution in [2.24, 2.45) is 0 Å². The Balaban J connectivity index is 1.45. The lowest BCUT2D eigenvalue weighted by Crippen LogP contribution is -2.37. The summed E-state index contributed by atoms with van der Waals surface area (Å²) in [6.07, 6.45) is 3.41. The molecule has 1 unspecified atom stereocenters. The number of hydrogen-bond acceptors (Lipinski definition) is 7. The topological polar surface area (TPSA) is 82.1 Å². The molecule has 1 aliphatic rings. The standard InChI is InChI=1S/C17H20N6O2/c1-12-8-14(21-25-12)10-22-6-7-23-16(19-20-17(23)13(22)2)11-24-15-4-3-5-18-9-15/h3-5,8-9,13H,6-7,10-11H2,1-2H3. The predicted octanol–water partition coefficient (Wildman–Crippen LogP) is 2.13. The Morgan fingerprint density at radius 2 is 2.24 bits per heavy atom. The van der Waals surface area contributed by atoms with Crippen LogP contribution in [-0.4, -0.2) is 36.3 Å². The van der Waals surface area contributed by atoms with Gasteiger partial charge in [0.15, 0.2) is 5.82 Å². The highest BCUT2D eigenvalue weighted by Gasteiger charge is 2.28. The van der Waals surface area contributed by atoms with Crippen LogP contribution >= 0.6 is 0 Å². The van der Waals surface area contributed by atoms with Crippen LogP contribution in [0.3, 0.4) is 0 Å². The van der Waals surface area contributed by atoms with Gasteiger partial charge in [-0.25, -0.2) is 0 Å². The van der Waals surface area contributed by atoms with Crippen molar-refractivity contribution >= 4 is 0 Å². The first-order valence-electron chi connectivity index (χ1n) is 8.32. The van der Waals surface area contributed by atoms with Gasteiger partial charge in [0.2, 0.25) is 0 Å². The van der Waals surface area contributed by atoms with Crippen LogP contribution in [-0.2, 0) is 19.7 Å². The molecule has 8 heteroatoms. The molecule has 0 aliphatic carbocycles. The smallest absolute Gasteiger partial charge is 0.171 e. The number of aryl methyl sites for hydroxylation is 1. The number of ether oxygens (including phenoxy) is 1. The molecule has 130 valence electrons. The Morgan fingerprint density at radius 1 is 1.32 bits per heavy atom. The van der Waals surface area contributed by atoms with E-state index >= 15 is 0 Å². The van der Waals surface area contributed by atoms with Gasteiger partial charge in [0, 0.05) is 31.9 Å². The van der Waals surface area contributed by atoms with Crippen molar-refractivity contribution < 1.29 is 9.26 Å². The number of aromatic nitrogens is 5. The normalized spacial score (nSPS) is 17.4. The molecule has 0 N–H and O–H groups in total. The molecular weight excluding hydrogens is 320 g/mol. The fourth-order valence-electron chi connectivity index (χ4n) is 3.09. The highest BCUT2D eigenvalue weighted by Crippen LogP contribution is 2.26. The second kappa shape index (κ2) is 6.64. The van der Waals surface area contributed by atoms with Crippen LogP contribution in [0.4, 0.5) is 0 Å². The lowest BCUT2D eigenvalue weighted by Gasteiger charge is -2.32.